The van der Waals surface area contributed by atoms with Gasteiger partial charge >= 0.3 is 0 Å². The van der Waals surface area contributed by atoms with Crippen LogP contribution in [0.1, 0.15) is 16.2 Å². The monoisotopic (exact) mass is 324 g/mol. The first-order chi connectivity index (χ1) is 11.6. The van der Waals surface area contributed by atoms with Crippen LogP contribution in [0.4, 0.5) is 11.4 Å². The second kappa shape index (κ2) is 6.29. The number of aromatic nitrogens is 2. The number of nitrogens with one attached hydrogen (secondary N) is 1. The number of hydrogen-bond acceptors (Lipinski definition) is 6. The van der Waals surface area contributed by atoms with Gasteiger partial charge < -0.3 is 9.84 Å². The molecule has 0 aliphatic rings. The molecular formula is C16H12N4O4. The lowest BCUT2D eigenvalue weighted by atomic mass is 10.1. The lowest BCUT2D eigenvalue weighted by Gasteiger charge is -2.08. The summed E-state index contributed by atoms with van der Waals surface area (Å²) in [6.45, 7) is 1.68. The molecule has 0 unspecified atom stereocenters. The maximum Gasteiger partial charge on any atom is 0.282 e. The van der Waals surface area contributed by atoms with Crippen LogP contribution in [0.25, 0.3) is 11.5 Å². The molecule has 1 heterocycles. The number of nitro benzene ring substituents is 1. The van der Waals surface area contributed by atoms with Gasteiger partial charge in [-0.05, 0) is 25.1 Å². The van der Waals surface area contributed by atoms with E-state index in [1.54, 1.807) is 37.3 Å². The van der Waals surface area contributed by atoms with E-state index in [0.29, 0.717) is 17.1 Å². The lowest BCUT2D eigenvalue weighted by Crippen LogP contribution is -2.14. The Balaban J connectivity index is 1.95. The van der Waals surface area contributed by atoms with Crippen molar-refractivity contribution in [3.63, 3.8) is 0 Å². The van der Waals surface area contributed by atoms with Gasteiger partial charge in [-0.3, -0.25) is 14.9 Å². The first-order valence-electron chi connectivity index (χ1n) is 7.01. The normalized spacial score (nSPS) is 10.4. The van der Waals surface area contributed by atoms with Gasteiger partial charge in [0.25, 0.3) is 17.5 Å². The molecule has 24 heavy (non-hydrogen) atoms. The first kappa shape index (κ1) is 15.3. The van der Waals surface area contributed by atoms with Crippen molar-refractivity contribution in [3.05, 3.63) is 70.0 Å². The number of benzene rings is 2. The third-order valence-corrected chi connectivity index (χ3v) is 3.28. The van der Waals surface area contributed by atoms with Crippen LogP contribution in [0, 0.1) is 17.0 Å². The van der Waals surface area contributed by atoms with E-state index in [4.69, 9.17) is 4.52 Å². The Morgan fingerprint density at radius 2 is 1.88 bits per heavy atom. The van der Waals surface area contributed by atoms with Gasteiger partial charge in [0, 0.05) is 6.07 Å². The third kappa shape index (κ3) is 2.98. The van der Waals surface area contributed by atoms with Crippen LogP contribution in [0.2, 0.25) is 0 Å². The van der Waals surface area contributed by atoms with Crippen molar-refractivity contribution < 1.29 is 14.2 Å². The molecular weight excluding hydrogens is 312 g/mol. The van der Waals surface area contributed by atoms with Crippen LogP contribution in [0.5, 0.6) is 0 Å². The van der Waals surface area contributed by atoms with Gasteiger partial charge in [-0.15, -0.1) is 0 Å². The number of anilines is 1. The molecule has 0 bridgehead atoms. The van der Waals surface area contributed by atoms with Gasteiger partial charge in [0.2, 0.25) is 0 Å². The molecule has 3 rings (SSSR count). The van der Waals surface area contributed by atoms with Gasteiger partial charge in [0.1, 0.15) is 5.56 Å². The Labute approximate surface area is 136 Å². The molecule has 2 aromatic carbocycles. The number of aryl methyl sites for hydroxylation is 1. The summed E-state index contributed by atoms with van der Waals surface area (Å²) in [6, 6.07) is 12.6. The van der Waals surface area contributed by atoms with E-state index < -0.39 is 10.8 Å². The molecule has 0 spiro atoms. The maximum absolute atomic E-state index is 12.4. The van der Waals surface area contributed by atoms with Crippen molar-refractivity contribution in [1.29, 1.82) is 0 Å². The molecule has 1 aromatic heterocycles. The van der Waals surface area contributed by atoms with Crippen LogP contribution in [-0.2, 0) is 0 Å². The Kier molecular flexibility index (Phi) is 4.02. The fraction of sp³-hybridized carbons (Fsp3) is 0.0625. The fourth-order valence-corrected chi connectivity index (χ4v) is 2.20. The zero-order valence-corrected chi connectivity index (χ0v) is 12.6. The largest absolute Gasteiger partial charge is 0.334 e. The smallest absolute Gasteiger partial charge is 0.282 e. The summed E-state index contributed by atoms with van der Waals surface area (Å²) in [5, 5.41) is 17.4. The van der Waals surface area contributed by atoms with Crippen molar-refractivity contribution in [2.24, 2.45) is 0 Å². The Hall–Kier alpha value is -3.55. The lowest BCUT2D eigenvalue weighted by molar-refractivity contribution is -0.385. The molecule has 0 fully saturated rings. The Bertz CT molecular complexity index is 920. The highest BCUT2D eigenvalue weighted by Crippen LogP contribution is 2.27. The predicted octanol–water partition coefficient (Wildman–Crippen LogP) is 3.21. The number of carbonyl (C=O) groups is 1. The summed E-state index contributed by atoms with van der Waals surface area (Å²) in [6.07, 6.45) is 0. The summed E-state index contributed by atoms with van der Waals surface area (Å²) in [4.78, 5) is 27.0. The standard InChI is InChI=1S/C16H12N4O4/c1-10-17-16(24-19-10)11-6-2-4-8-13(11)18-15(21)12-7-3-5-9-14(12)20(22)23/h2-9H,1H3,(H,18,21). The molecule has 3 aromatic rings. The van der Waals surface area contributed by atoms with Gasteiger partial charge in [-0.25, -0.2) is 0 Å². The van der Waals surface area contributed by atoms with Gasteiger partial charge in [0.15, 0.2) is 5.82 Å². The second-order valence-corrected chi connectivity index (χ2v) is 4.92. The number of para-hydroxylation sites is 2. The first-order valence-corrected chi connectivity index (χ1v) is 7.01. The second-order valence-electron chi connectivity index (χ2n) is 4.92. The topological polar surface area (TPSA) is 111 Å². The number of amides is 1. The molecule has 0 saturated carbocycles. The minimum absolute atomic E-state index is 0.0287. The highest BCUT2D eigenvalue weighted by atomic mass is 16.6. The zero-order valence-electron chi connectivity index (χ0n) is 12.6. The van der Waals surface area contributed by atoms with Crippen LogP contribution in [0.3, 0.4) is 0 Å². The minimum atomic E-state index is -0.595. The molecule has 0 atom stereocenters. The minimum Gasteiger partial charge on any atom is -0.334 e. The SMILES string of the molecule is Cc1noc(-c2ccccc2NC(=O)c2ccccc2[N+](=O)[O-])n1. The number of nitrogens with zero attached hydrogens (tertiary/aromatic N) is 3. The van der Waals surface area contributed by atoms with E-state index in [9.17, 15) is 14.9 Å². The quantitative estimate of drug-likeness (QED) is 0.582. The van der Waals surface area contributed by atoms with E-state index in [1.165, 1.54) is 18.2 Å². The molecule has 1 amide bonds. The Morgan fingerprint density at radius 3 is 2.58 bits per heavy atom. The number of hydrogen-bond donors (Lipinski definition) is 1. The molecule has 8 nitrogen and oxygen atoms in total. The van der Waals surface area contributed by atoms with Crippen molar-refractivity contribution in [2.75, 3.05) is 5.32 Å². The molecule has 8 heteroatoms. The third-order valence-electron chi connectivity index (χ3n) is 3.28. The van der Waals surface area contributed by atoms with E-state index in [1.807, 2.05) is 0 Å². The summed E-state index contributed by atoms with van der Waals surface area (Å²) < 4.78 is 5.12. The van der Waals surface area contributed by atoms with Gasteiger partial charge in [-0.1, -0.05) is 29.4 Å². The van der Waals surface area contributed by atoms with Crippen LogP contribution in [-0.4, -0.2) is 21.0 Å². The highest BCUT2D eigenvalue weighted by Gasteiger charge is 2.21. The van der Waals surface area contributed by atoms with E-state index in [2.05, 4.69) is 15.5 Å². The van der Waals surface area contributed by atoms with Gasteiger partial charge in [-0.2, -0.15) is 4.98 Å². The molecule has 0 saturated heterocycles. The summed E-state index contributed by atoms with van der Waals surface area (Å²) in [5.41, 5.74) is 0.662. The average Bonchev–Trinajstić information content (AvgIpc) is 3.01. The molecule has 120 valence electrons. The van der Waals surface area contributed by atoms with Crippen LogP contribution >= 0.6 is 0 Å². The molecule has 1 N–H and O–H groups in total. The van der Waals surface area contributed by atoms with Gasteiger partial charge in [0.05, 0.1) is 16.2 Å². The van der Waals surface area contributed by atoms with Crippen LogP contribution in [0.15, 0.2) is 53.1 Å². The summed E-state index contributed by atoms with van der Waals surface area (Å²) in [7, 11) is 0. The maximum atomic E-state index is 12.4. The van der Waals surface area contributed by atoms with E-state index in [-0.39, 0.29) is 17.1 Å². The molecule has 0 aliphatic heterocycles. The number of nitro groups is 1. The molecule has 0 radical (unpaired) electrons. The van der Waals surface area contributed by atoms with Crippen molar-refractivity contribution in [1.82, 2.24) is 10.1 Å². The van der Waals surface area contributed by atoms with Crippen molar-refractivity contribution >= 4 is 17.3 Å². The average molecular weight is 324 g/mol. The Morgan fingerprint density at radius 1 is 1.17 bits per heavy atom. The van der Waals surface area contributed by atoms with E-state index in [0.717, 1.165) is 0 Å². The number of carbonyl (C=O) groups excluding carboxylic acids is 1. The molecule has 0 aliphatic carbocycles. The fourth-order valence-electron chi connectivity index (χ4n) is 2.20. The predicted molar refractivity (Wildman–Crippen MR) is 85.5 cm³/mol. The summed E-state index contributed by atoms with van der Waals surface area (Å²) >= 11 is 0. The van der Waals surface area contributed by atoms with Crippen LogP contribution < -0.4 is 5.32 Å². The number of rotatable bonds is 4. The highest BCUT2D eigenvalue weighted by molar-refractivity contribution is 6.08. The summed E-state index contributed by atoms with van der Waals surface area (Å²) in [5.74, 6) is 0.127. The zero-order chi connectivity index (χ0) is 17.1. The van der Waals surface area contributed by atoms with E-state index >= 15 is 0 Å². The van der Waals surface area contributed by atoms with Crippen molar-refractivity contribution in [3.8, 4) is 11.5 Å². The van der Waals surface area contributed by atoms with Crippen molar-refractivity contribution in [2.45, 2.75) is 6.92 Å².